The fourth-order valence-electron chi connectivity index (χ4n) is 1.38. The lowest BCUT2D eigenvalue weighted by atomic mass is 10.1. The molecule has 0 aromatic carbocycles. The zero-order chi connectivity index (χ0) is 11.3. The summed E-state index contributed by atoms with van der Waals surface area (Å²) in [7, 11) is 0. The van der Waals surface area contributed by atoms with E-state index < -0.39 is 0 Å². The van der Waals surface area contributed by atoms with E-state index in [-0.39, 0.29) is 0 Å². The summed E-state index contributed by atoms with van der Waals surface area (Å²) >= 11 is 0. The maximum atomic E-state index is 10.9. The molecule has 0 bridgehead atoms. The molecule has 0 unspecified atom stereocenters. The van der Waals surface area contributed by atoms with Crippen LogP contribution in [0.5, 0.6) is 5.88 Å². The van der Waals surface area contributed by atoms with Crippen LogP contribution in [0.4, 0.5) is 0 Å². The first kappa shape index (κ1) is 11.7. The molecule has 1 heterocycles. The van der Waals surface area contributed by atoms with Gasteiger partial charge in [-0.3, -0.25) is 4.79 Å². The zero-order valence-corrected chi connectivity index (χ0v) is 9.54. The molecule has 0 N–H and O–H groups in total. The molecule has 0 radical (unpaired) electrons. The van der Waals surface area contributed by atoms with Gasteiger partial charge < -0.3 is 4.74 Å². The summed E-state index contributed by atoms with van der Waals surface area (Å²) in [6.07, 6.45) is 2.86. The van der Waals surface area contributed by atoms with Crippen LogP contribution in [0, 0.1) is 13.8 Å². The Balaban J connectivity index is 2.88. The monoisotopic (exact) mass is 207 g/mol. The van der Waals surface area contributed by atoms with Crippen LogP contribution in [-0.4, -0.2) is 17.9 Å². The van der Waals surface area contributed by atoms with Gasteiger partial charge >= 0.3 is 0 Å². The Morgan fingerprint density at radius 2 is 2.20 bits per heavy atom. The number of nitrogens with zero attached hydrogens (tertiary/aromatic N) is 1. The SMILES string of the molecule is CCCCOc1nc(C)cc(C)c1C=O. The number of unbranched alkanes of at least 4 members (excludes halogenated alkanes) is 1. The zero-order valence-electron chi connectivity index (χ0n) is 9.54. The summed E-state index contributed by atoms with van der Waals surface area (Å²) in [5.41, 5.74) is 2.37. The Kier molecular flexibility index (Phi) is 4.28. The molecule has 3 heteroatoms. The Morgan fingerprint density at radius 3 is 2.80 bits per heavy atom. The lowest BCUT2D eigenvalue weighted by Crippen LogP contribution is -2.04. The number of hydrogen-bond donors (Lipinski definition) is 0. The van der Waals surface area contributed by atoms with Crippen LogP contribution < -0.4 is 4.74 Å². The summed E-state index contributed by atoms with van der Waals surface area (Å²) in [5.74, 6) is 0.468. The molecule has 0 aliphatic rings. The molecular weight excluding hydrogens is 190 g/mol. The highest BCUT2D eigenvalue weighted by atomic mass is 16.5. The topological polar surface area (TPSA) is 39.2 Å². The van der Waals surface area contributed by atoms with E-state index in [0.29, 0.717) is 18.1 Å². The fourth-order valence-corrected chi connectivity index (χ4v) is 1.38. The van der Waals surface area contributed by atoms with Crippen molar-refractivity contribution < 1.29 is 9.53 Å². The number of aldehydes is 1. The molecule has 3 nitrogen and oxygen atoms in total. The van der Waals surface area contributed by atoms with Gasteiger partial charge in [0, 0.05) is 5.69 Å². The summed E-state index contributed by atoms with van der Waals surface area (Å²) in [6, 6.07) is 1.89. The molecule has 0 aliphatic carbocycles. The lowest BCUT2D eigenvalue weighted by Gasteiger charge is -2.09. The van der Waals surface area contributed by atoms with Crippen LogP contribution in [0.2, 0.25) is 0 Å². The molecule has 0 aliphatic heterocycles. The molecule has 0 amide bonds. The van der Waals surface area contributed by atoms with E-state index >= 15 is 0 Å². The number of ether oxygens (including phenoxy) is 1. The van der Waals surface area contributed by atoms with Crippen molar-refractivity contribution >= 4 is 6.29 Å². The Bertz CT molecular complexity index is 348. The van der Waals surface area contributed by atoms with E-state index in [1.165, 1.54) is 0 Å². The molecule has 0 saturated carbocycles. The van der Waals surface area contributed by atoms with Crippen molar-refractivity contribution in [3.8, 4) is 5.88 Å². The summed E-state index contributed by atoms with van der Waals surface area (Å²) in [6.45, 7) is 6.51. The number of aryl methyl sites for hydroxylation is 2. The van der Waals surface area contributed by atoms with Gasteiger partial charge in [0.1, 0.15) is 0 Å². The van der Waals surface area contributed by atoms with Crippen molar-refractivity contribution in [2.45, 2.75) is 33.6 Å². The third kappa shape index (κ3) is 3.05. The van der Waals surface area contributed by atoms with Gasteiger partial charge in [-0.2, -0.15) is 0 Å². The smallest absolute Gasteiger partial charge is 0.224 e. The van der Waals surface area contributed by atoms with Crippen LogP contribution in [0.15, 0.2) is 6.07 Å². The van der Waals surface area contributed by atoms with Crippen LogP contribution in [0.3, 0.4) is 0 Å². The molecule has 1 aromatic heterocycles. The second-order valence-corrected chi connectivity index (χ2v) is 3.62. The van der Waals surface area contributed by atoms with E-state index in [1.807, 2.05) is 19.9 Å². The lowest BCUT2D eigenvalue weighted by molar-refractivity contribution is 0.111. The second kappa shape index (κ2) is 5.49. The van der Waals surface area contributed by atoms with Crippen LogP contribution in [0.1, 0.15) is 41.4 Å². The van der Waals surface area contributed by atoms with Crippen molar-refractivity contribution in [1.29, 1.82) is 0 Å². The minimum absolute atomic E-state index is 0.468. The van der Waals surface area contributed by atoms with E-state index in [0.717, 1.165) is 30.4 Å². The summed E-state index contributed by atoms with van der Waals surface area (Å²) in [5, 5.41) is 0. The number of hydrogen-bond acceptors (Lipinski definition) is 3. The van der Waals surface area contributed by atoms with Gasteiger partial charge in [-0.1, -0.05) is 13.3 Å². The summed E-state index contributed by atoms with van der Waals surface area (Å²) in [4.78, 5) is 15.1. The van der Waals surface area contributed by atoms with Gasteiger partial charge in [0.25, 0.3) is 0 Å². The number of aromatic nitrogens is 1. The van der Waals surface area contributed by atoms with Crippen molar-refractivity contribution in [3.63, 3.8) is 0 Å². The molecule has 0 saturated heterocycles. The predicted molar refractivity (Wildman–Crippen MR) is 59.5 cm³/mol. The molecule has 15 heavy (non-hydrogen) atoms. The third-order valence-corrected chi connectivity index (χ3v) is 2.21. The third-order valence-electron chi connectivity index (χ3n) is 2.21. The van der Waals surface area contributed by atoms with Crippen molar-refractivity contribution in [3.05, 3.63) is 22.9 Å². The highest BCUT2D eigenvalue weighted by Gasteiger charge is 2.08. The van der Waals surface area contributed by atoms with E-state index in [2.05, 4.69) is 11.9 Å². The first-order valence-electron chi connectivity index (χ1n) is 5.25. The highest BCUT2D eigenvalue weighted by molar-refractivity contribution is 5.80. The first-order valence-corrected chi connectivity index (χ1v) is 5.25. The van der Waals surface area contributed by atoms with Gasteiger partial charge in [-0.05, 0) is 31.9 Å². The Labute approximate surface area is 90.5 Å². The molecule has 0 atom stereocenters. The van der Waals surface area contributed by atoms with Gasteiger partial charge in [0.15, 0.2) is 6.29 Å². The fraction of sp³-hybridized carbons (Fsp3) is 0.500. The number of carbonyl (C=O) groups is 1. The first-order chi connectivity index (χ1) is 7.19. The average molecular weight is 207 g/mol. The predicted octanol–water partition coefficient (Wildman–Crippen LogP) is 2.69. The molecule has 1 aromatic rings. The van der Waals surface area contributed by atoms with Gasteiger partial charge in [0.2, 0.25) is 5.88 Å². The molecule has 0 fully saturated rings. The largest absolute Gasteiger partial charge is 0.477 e. The quantitative estimate of drug-likeness (QED) is 0.550. The number of rotatable bonds is 5. The molecule has 0 spiro atoms. The van der Waals surface area contributed by atoms with Crippen molar-refractivity contribution in [2.24, 2.45) is 0 Å². The molecule has 1 rings (SSSR count). The Morgan fingerprint density at radius 1 is 1.47 bits per heavy atom. The van der Waals surface area contributed by atoms with Crippen molar-refractivity contribution in [1.82, 2.24) is 4.98 Å². The van der Waals surface area contributed by atoms with Crippen LogP contribution in [0.25, 0.3) is 0 Å². The second-order valence-electron chi connectivity index (χ2n) is 3.62. The maximum absolute atomic E-state index is 10.9. The average Bonchev–Trinajstić information content (AvgIpc) is 2.17. The van der Waals surface area contributed by atoms with Crippen molar-refractivity contribution in [2.75, 3.05) is 6.61 Å². The minimum atomic E-state index is 0.468. The van der Waals surface area contributed by atoms with Crippen LogP contribution in [-0.2, 0) is 0 Å². The van der Waals surface area contributed by atoms with Gasteiger partial charge in [-0.15, -0.1) is 0 Å². The highest BCUT2D eigenvalue weighted by Crippen LogP contribution is 2.18. The number of pyridine rings is 1. The molecular formula is C12H17NO2. The number of carbonyl (C=O) groups excluding carboxylic acids is 1. The Hall–Kier alpha value is -1.38. The van der Waals surface area contributed by atoms with E-state index in [1.54, 1.807) is 0 Å². The van der Waals surface area contributed by atoms with E-state index in [4.69, 9.17) is 4.74 Å². The molecule has 82 valence electrons. The normalized spacial score (nSPS) is 10.1. The summed E-state index contributed by atoms with van der Waals surface area (Å²) < 4.78 is 5.49. The standard InChI is InChI=1S/C12H17NO2/c1-4-5-6-15-12-11(8-14)9(2)7-10(3)13-12/h7-8H,4-6H2,1-3H3. The maximum Gasteiger partial charge on any atom is 0.224 e. The van der Waals surface area contributed by atoms with Gasteiger partial charge in [-0.25, -0.2) is 4.98 Å². The minimum Gasteiger partial charge on any atom is -0.477 e. The van der Waals surface area contributed by atoms with E-state index in [9.17, 15) is 4.79 Å². The van der Waals surface area contributed by atoms with Gasteiger partial charge in [0.05, 0.1) is 12.2 Å². The van der Waals surface area contributed by atoms with Crippen LogP contribution >= 0.6 is 0 Å².